The second kappa shape index (κ2) is 1.25. The maximum absolute atomic E-state index is 2.30. The van der Waals surface area contributed by atoms with Crippen LogP contribution in [0.5, 0.6) is 0 Å². The lowest BCUT2D eigenvalue weighted by molar-refractivity contribution is 0.412. The second-order valence-electron chi connectivity index (χ2n) is 2.90. The summed E-state index contributed by atoms with van der Waals surface area (Å²) < 4.78 is 0. The number of nitrogens with zero attached hydrogens (tertiary/aromatic N) is 2. The van der Waals surface area contributed by atoms with Crippen LogP contribution in [0.2, 0.25) is 0 Å². The Kier molecular flexibility index (Phi) is 0.746. The Morgan fingerprint density at radius 1 is 1.12 bits per heavy atom. The van der Waals surface area contributed by atoms with Crippen molar-refractivity contribution in [2.24, 2.45) is 5.92 Å². The topological polar surface area (TPSA) is 6.02 Å². The Hall–Kier alpha value is -0.0800. The molecular formula is C6H12N2. The summed E-state index contributed by atoms with van der Waals surface area (Å²) in [7, 11) is 4.31. The van der Waals surface area contributed by atoms with E-state index in [9.17, 15) is 0 Å². The zero-order chi connectivity index (χ0) is 5.72. The van der Waals surface area contributed by atoms with Crippen LogP contribution in [0.15, 0.2) is 0 Å². The summed E-state index contributed by atoms with van der Waals surface area (Å²) >= 11 is 0. The maximum Gasteiger partial charge on any atom is 0.0916 e. The first-order valence-corrected chi connectivity index (χ1v) is 3.26. The van der Waals surface area contributed by atoms with Gasteiger partial charge in [-0.3, -0.25) is 0 Å². The normalized spacial score (nSPS) is 54.0. The van der Waals surface area contributed by atoms with Gasteiger partial charge in [0.2, 0.25) is 0 Å². The molecule has 2 fully saturated rings. The first-order chi connectivity index (χ1) is 3.80. The van der Waals surface area contributed by atoms with E-state index in [1.807, 2.05) is 0 Å². The van der Waals surface area contributed by atoms with Gasteiger partial charge < -0.3 is 0 Å². The third-order valence-corrected chi connectivity index (χ3v) is 2.25. The van der Waals surface area contributed by atoms with E-state index in [2.05, 4.69) is 24.1 Å². The summed E-state index contributed by atoms with van der Waals surface area (Å²) in [5, 5.41) is 4.61. The standard InChI is InChI=1S/C6H12N2/c1-7-6(8(7)2)5-3-4-5/h5-6H,3-4H2,1-2H3. The zero-order valence-corrected chi connectivity index (χ0v) is 5.46. The molecule has 0 N–H and O–H groups in total. The molecule has 2 nitrogen and oxygen atoms in total. The van der Waals surface area contributed by atoms with Crippen LogP contribution in [0.1, 0.15) is 12.8 Å². The minimum Gasteiger partial charge on any atom is -0.225 e. The number of hydrogen-bond donors (Lipinski definition) is 0. The highest BCUT2D eigenvalue weighted by atomic mass is 15.8. The van der Waals surface area contributed by atoms with Crippen molar-refractivity contribution in [1.82, 2.24) is 10.0 Å². The predicted molar refractivity (Wildman–Crippen MR) is 32.0 cm³/mol. The van der Waals surface area contributed by atoms with E-state index < -0.39 is 0 Å². The van der Waals surface area contributed by atoms with Crippen LogP contribution >= 0.6 is 0 Å². The average Bonchev–Trinajstić information content (AvgIpc) is 2.52. The van der Waals surface area contributed by atoms with Crippen molar-refractivity contribution in [2.45, 2.75) is 19.0 Å². The molecule has 2 unspecified atom stereocenters. The molecule has 0 aromatic heterocycles. The second-order valence-corrected chi connectivity index (χ2v) is 2.90. The van der Waals surface area contributed by atoms with Gasteiger partial charge in [-0.1, -0.05) is 0 Å². The van der Waals surface area contributed by atoms with Gasteiger partial charge >= 0.3 is 0 Å². The van der Waals surface area contributed by atoms with Crippen molar-refractivity contribution < 1.29 is 0 Å². The number of hydrazine groups is 1. The lowest BCUT2D eigenvalue weighted by atomic mass is 10.4. The Labute approximate surface area is 50.0 Å². The maximum atomic E-state index is 2.30. The molecule has 1 heterocycles. The van der Waals surface area contributed by atoms with Gasteiger partial charge in [0, 0.05) is 14.1 Å². The molecule has 2 aliphatic rings. The van der Waals surface area contributed by atoms with Crippen LogP contribution in [0.4, 0.5) is 0 Å². The van der Waals surface area contributed by atoms with Gasteiger partial charge in [0.25, 0.3) is 0 Å². The molecule has 2 rings (SSSR count). The highest BCUT2D eigenvalue weighted by Crippen LogP contribution is 2.43. The summed E-state index contributed by atoms with van der Waals surface area (Å²) in [6.07, 6.45) is 3.73. The fourth-order valence-corrected chi connectivity index (χ4v) is 1.40. The van der Waals surface area contributed by atoms with Gasteiger partial charge in [-0.25, -0.2) is 10.0 Å². The van der Waals surface area contributed by atoms with Crippen LogP contribution in [0.25, 0.3) is 0 Å². The van der Waals surface area contributed by atoms with E-state index in [0.29, 0.717) is 0 Å². The molecule has 2 atom stereocenters. The minimum absolute atomic E-state index is 0.815. The minimum atomic E-state index is 0.815. The van der Waals surface area contributed by atoms with Gasteiger partial charge in [0.1, 0.15) is 0 Å². The summed E-state index contributed by atoms with van der Waals surface area (Å²) in [5.74, 6) is 1.02. The third kappa shape index (κ3) is 0.501. The van der Waals surface area contributed by atoms with Gasteiger partial charge in [-0.15, -0.1) is 0 Å². The zero-order valence-electron chi connectivity index (χ0n) is 5.46. The van der Waals surface area contributed by atoms with E-state index in [1.54, 1.807) is 0 Å². The summed E-state index contributed by atoms with van der Waals surface area (Å²) in [4.78, 5) is 0. The molecule has 0 aromatic carbocycles. The smallest absolute Gasteiger partial charge is 0.0916 e. The molecule has 1 aliphatic carbocycles. The van der Waals surface area contributed by atoms with Crippen LogP contribution < -0.4 is 0 Å². The van der Waals surface area contributed by atoms with Crippen molar-refractivity contribution in [2.75, 3.05) is 14.1 Å². The molecule has 0 radical (unpaired) electrons. The molecule has 46 valence electrons. The number of hydrogen-bond acceptors (Lipinski definition) is 2. The highest BCUT2D eigenvalue weighted by Gasteiger charge is 2.48. The molecule has 1 saturated heterocycles. The molecule has 0 spiro atoms. The van der Waals surface area contributed by atoms with E-state index in [1.165, 1.54) is 12.8 Å². The van der Waals surface area contributed by atoms with Crippen molar-refractivity contribution in [1.29, 1.82) is 0 Å². The Bertz CT molecular complexity index is 98.3. The van der Waals surface area contributed by atoms with Crippen LogP contribution in [0.3, 0.4) is 0 Å². The molecule has 1 saturated carbocycles. The first-order valence-electron chi connectivity index (χ1n) is 3.26. The van der Waals surface area contributed by atoms with Crippen LogP contribution in [-0.4, -0.2) is 30.3 Å². The molecule has 8 heavy (non-hydrogen) atoms. The Balaban J connectivity index is 1.92. The molecular weight excluding hydrogens is 100 g/mol. The van der Waals surface area contributed by atoms with Crippen molar-refractivity contribution in [3.05, 3.63) is 0 Å². The van der Waals surface area contributed by atoms with Crippen molar-refractivity contribution in [3.63, 3.8) is 0 Å². The fraction of sp³-hybridized carbons (Fsp3) is 1.00. The van der Waals surface area contributed by atoms with E-state index in [0.717, 1.165) is 12.1 Å². The first kappa shape index (κ1) is 4.77. The van der Waals surface area contributed by atoms with Crippen LogP contribution in [0, 0.1) is 5.92 Å². The molecule has 2 heteroatoms. The van der Waals surface area contributed by atoms with Crippen molar-refractivity contribution in [3.8, 4) is 0 Å². The molecule has 0 bridgehead atoms. The van der Waals surface area contributed by atoms with Crippen LogP contribution in [-0.2, 0) is 0 Å². The SMILES string of the molecule is CN1C(C2CC2)N1C. The van der Waals surface area contributed by atoms with Gasteiger partial charge in [0.05, 0.1) is 6.17 Å². The fourth-order valence-electron chi connectivity index (χ4n) is 1.40. The van der Waals surface area contributed by atoms with Crippen molar-refractivity contribution >= 4 is 0 Å². The summed E-state index contributed by atoms with van der Waals surface area (Å²) in [6, 6.07) is 0. The number of rotatable bonds is 1. The quantitative estimate of drug-likeness (QED) is 0.456. The monoisotopic (exact) mass is 112 g/mol. The Morgan fingerprint density at radius 3 is 1.75 bits per heavy atom. The lowest BCUT2D eigenvalue weighted by Gasteiger charge is -1.81. The van der Waals surface area contributed by atoms with E-state index in [-0.39, 0.29) is 0 Å². The molecule has 0 aromatic rings. The summed E-state index contributed by atoms with van der Waals surface area (Å²) in [6.45, 7) is 0. The van der Waals surface area contributed by atoms with Gasteiger partial charge in [-0.2, -0.15) is 0 Å². The lowest BCUT2D eigenvalue weighted by Crippen LogP contribution is -1.95. The molecule has 0 amide bonds. The van der Waals surface area contributed by atoms with E-state index in [4.69, 9.17) is 0 Å². The predicted octanol–water partition coefficient (Wildman–Crippen LogP) is 0.515. The highest BCUT2D eigenvalue weighted by molar-refractivity contribution is 4.92. The van der Waals surface area contributed by atoms with E-state index >= 15 is 0 Å². The summed E-state index contributed by atoms with van der Waals surface area (Å²) in [5.41, 5.74) is 0. The van der Waals surface area contributed by atoms with Gasteiger partial charge in [-0.05, 0) is 18.8 Å². The Morgan fingerprint density at radius 2 is 1.62 bits per heavy atom. The molecule has 1 aliphatic heterocycles. The van der Waals surface area contributed by atoms with Gasteiger partial charge in [0.15, 0.2) is 0 Å². The largest absolute Gasteiger partial charge is 0.225 e. The average molecular weight is 112 g/mol. The third-order valence-electron chi connectivity index (χ3n) is 2.25.